The first-order chi connectivity index (χ1) is 10.3. The van der Waals surface area contributed by atoms with Crippen molar-refractivity contribution >= 4 is 17.0 Å². The first kappa shape index (κ1) is 13.8. The highest BCUT2D eigenvalue weighted by molar-refractivity contribution is 7.13. The Bertz CT molecular complexity index is 693. The van der Waals surface area contributed by atoms with E-state index in [-0.39, 0.29) is 6.61 Å². The summed E-state index contributed by atoms with van der Waals surface area (Å²) in [5.74, 6) is 0. The quantitative estimate of drug-likeness (QED) is 0.734. The standard InChI is InChI=1S/C15H16N4OS/c20-7-6-19-10-13(9-17-19)16-8-14-11-21-15(18-14)12-4-2-1-3-5-12/h1-5,9-11,16,20H,6-8H2. The van der Waals surface area contributed by atoms with Crippen molar-refractivity contribution < 1.29 is 5.11 Å². The zero-order valence-electron chi connectivity index (χ0n) is 11.4. The Morgan fingerprint density at radius 2 is 2.10 bits per heavy atom. The highest BCUT2D eigenvalue weighted by Gasteiger charge is 2.05. The molecule has 2 N–H and O–H groups in total. The summed E-state index contributed by atoms with van der Waals surface area (Å²) >= 11 is 1.65. The second kappa shape index (κ2) is 6.51. The fraction of sp³-hybridized carbons (Fsp3) is 0.200. The van der Waals surface area contributed by atoms with Crippen molar-refractivity contribution in [3.63, 3.8) is 0 Å². The van der Waals surface area contributed by atoms with E-state index in [1.54, 1.807) is 22.2 Å². The van der Waals surface area contributed by atoms with Crippen LogP contribution in [0.25, 0.3) is 10.6 Å². The highest BCUT2D eigenvalue weighted by atomic mass is 32.1. The molecule has 0 atom stereocenters. The Balaban J connectivity index is 1.62. The number of aliphatic hydroxyl groups excluding tert-OH is 1. The number of nitrogens with zero attached hydrogens (tertiary/aromatic N) is 3. The minimum absolute atomic E-state index is 0.0909. The van der Waals surface area contributed by atoms with Crippen LogP contribution in [0, 0.1) is 0 Å². The smallest absolute Gasteiger partial charge is 0.123 e. The summed E-state index contributed by atoms with van der Waals surface area (Å²) in [7, 11) is 0. The topological polar surface area (TPSA) is 63.0 Å². The number of anilines is 1. The van der Waals surface area contributed by atoms with Crippen LogP contribution in [0.3, 0.4) is 0 Å². The van der Waals surface area contributed by atoms with Crippen molar-refractivity contribution in [3.05, 3.63) is 53.8 Å². The minimum atomic E-state index is 0.0909. The molecule has 2 aromatic heterocycles. The van der Waals surface area contributed by atoms with Gasteiger partial charge in [-0.25, -0.2) is 4.98 Å². The second-order valence-corrected chi connectivity index (χ2v) is 5.44. The van der Waals surface area contributed by atoms with Crippen LogP contribution in [-0.4, -0.2) is 26.5 Å². The number of nitrogens with one attached hydrogen (secondary N) is 1. The Labute approximate surface area is 126 Å². The molecule has 0 spiro atoms. The van der Waals surface area contributed by atoms with Crippen LogP contribution in [-0.2, 0) is 13.1 Å². The fourth-order valence-electron chi connectivity index (χ4n) is 1.97. The molecule has 0 amide bonds. The average Bonchev–Trinajstić information content (AvgIpc) is 3.16. The predicted octanol–water partition coefficient (Wildman–Crippen LogP) is 2.61. The lowest BCUT2D eigenvalue weighted by Gasteiger charge is -2.00. The van der Waals surface area contributed by atoms with Crippen LogP contribution < -0.4 is 5.32 Å². The van der Waals surface area contributed by atoms with Crippen LogP contribution in [0.2, 0.25) is 0 Å². The first-order valence-electron chi connectivity index (χ1n) is 6.72. The molecular formula is C15H16N4OS. The zero-order valence-corrected chi connectivity index (χ0v) is 12.3. The molecule has 0 fully saturated rings. The lowest BCUT2D eigenvalue weighted by atomic mass is 10.2. The fourth-order valence-corrected chi connectivity index (χ4v) is 2.80. The van der Waals surface area contributed by atoms with Crippen LogP contribution in [0.1, 0.15) is 5.69 Å². The van der Waals surface area contributed by atoms with Crippen molar-refractivity contribution in [1.82, 2.24) is 14.8 Å². The van der Waals surface area contributed by atoms with E-state index in [1.165, 1.54) is 0 Å². The van der Waals surface area contributed by atoms with Crippen LogP contribution in [0.5, 0.6) is 0 Å². The van der Waals surface area contributed by atoms with E-state index >= 15 is 0 Å². The normalized spacial score (nSPS) is 10.7. The average molecular weight is 300 g/mol. The molecule has 6 heteroatoms. The third-order valence-electron chi connectivity index (χ3n) is 3.01. The summed E-state index contributed by atoms with van der Waals surface area (Å²) in [6.45, 7) is 1.26. The van der Waals surface area contributed by atoms with Crippen molar-refractivity contribution in [2.24, 2.45) is 0 Å². The van der Waals surface area contributed by atoms with E-state index in [0.717, 1.165) is 22.0 Å². The molecule has 1 aromatic carbocycles. The van der Waals surface area contributed by atoms with Crippen molar-refractivity contribution in [3.8, 4) is 10.6 Å². The number of rotatable bonds is 6. The number of aliphatic hydroxyl groups is 1. The summed E-state index contributed by atoms with van der Waals surface area (Å²) in [6, 6.07) is 10.2. The second-order valence-electron chi connectivity index (χ2n) is 4.58. The molecule has 0 aliphatic carbocycles. The van der Waals surface area contributed by atoms with Gasteiger partial charge in [0.15, 0.2) is 0 Å². The van der Waals surface area contributed by atoms with Crippen LogP contribution in [0.4, 0.5) is 5.69 Å². The lowest BCUT2D eigenvalue weighted by Crippen LogP contribution is -2.02. The summed E-state index contributed by atoms with van der Waals surface area (Å²) in [5, 5.41) is 19.4. The van der Waals surface area contributed by atoms with Gasteiger partial charge in [0, 0.05) is 17.1 Å². The van der Waals surface area contributed by atoms with Gasteiger partial charge in [0.2, 0.25) is 0 Å². The third kappa shape index (κ3) is 3.48. The van der Waals surface area contributed by atoms with Gasteiger partial charge in [0.25, 0.3) is 0 Å². The van der Waals surface area contributed by atoms with Crippen LogP contribution >= 0.6 is 11.3 Å². The lowest BCUT2D eigenvalue weighted by molar-refractivity contribution is 0.269. The molecule has 3 aromatic rings. The predicted molar refractivity (Wildman–Crippen MR) is 84.2 cm³/mol. The number of hydrogen-bond acceptors (Lipinski definition) is 5. The largest absolute Gasteiger partial charge is 0.394 e. The zero-order chi connectivity index (χ0) is 14.5. The molecule has 0 bridgehead atoms. The van der Waals surface area contributed by atoms with E-state index in [4.69, 9.17) is 5.11 Å². The van der Waals surface area contributed by atoms with Gasteiger partial charge in [-0.3, -0.25) is 4.68 Å². The van der Waals surface area contributed by atoms with Gasteiger partial charge < -0.3 is 10.4 Å². The van der Waals surface area contributed by atoms with Gasteiger partial charge in [-0.05, 0) is 0 Å². The van der Waals surface area contributed by atoms with E-state index in [2.05, 4.69) is 32.9 Å². The number of thiazole rings is 1. The third-order valence-corrected chi connectivity index (χ3v) is 3.95. The summed E-state index contributed by atoms with van der Waals surface area (Å²) in [4.78, 5) is 4.63. The monoisotopic (exact) mass is 300 g/mol. The van der Waals surface area contributed by atoms with Crippen molar-refractivity contribution in [1.29, 1.82) is 0 Å². The van der Waals surface area contributed by atoms with Gasteiger partial charge in [0.1, 0.15) is 5.01 Å². The van der Waals surface area contributed by atoms with Gasteiger partial charge >= 0.3 is 0 Å². The molecule has 0 aliphatic heterocycles. The molecule has 0 aliphatic rings. The van der Waals surface area contributed by atoms with E-state index < -0.39 is 0 Å². The number of benzene rings is 1. The van der Waals surface area contributed by atoms with Crippen molar-refractivity contribution in [2.45, 2.75) is 13.1 Å². The molecule has 3 rings (SSSR count). The van der Waals surface area contributed by atoms with Gasteiger partial charge in [-0.1, -0.05) is 30.3 Å². The summed E-state index contributed by atoms with van der Waals surface area (Å²) in [6.07, 6.45) is 3.63. The number of hydrogen-bond donors (Lipinski definition) is 2. The highest BCUT2D eigenvalue weighted by Crippen LogP contribution is 2.23. The van der Waals surface area contributed by atoms with Gasteiger partial charge in [-0.2, -0.15) is 5.10 Å². The van der Waals surface area contributed by atoms with Gasteiger partial charge in [0.05, 0.1) is 37.3 Å². The number of aromatic nitrogens is 3. The Kier molecular flexibility index (Phi) is 4.28. The minimum Gasteiger partial charge on any atom is -0.394 e. The summed E-state index contributed by atoms with van der Waals surface area (Å²) < 4.78 is 1.71. The molecule has 5 nitrogen and oxygen atoms in total. The molecule has 108 valence electrons. The molecular weight excluding hydrogens is 284 g/mol. The molecule has 0 saturated carbocycles. The van der Waals surface area contributed by atoms with Crippen LogP contribution in [0.15, 0.2) is 48.1 Å². The van der Waals surface area contributed by atoms with E-state index in [1.807, 2.05) is 24.4 Å². The maximum atomic E-state index is 8.86. The van der Waals surface area contributed by atoms with E-state index in [9.17, 15) is 0 Å². The van der Waals surface area contributed by atoms with E-state index in [0.29, 0.717) is 13.1 Å². The summed E-state index contributed by atoms with van der Waals surface area (Å²) in [5.41, 5.74) is 3.08. The molecule has 21 heavy (non-hydrogen) atoms. The molecule has 0 saturated heterocycles. The SMILES string of the molecule is OCCn1cc(NCc2csc(-c3ccccc3)n2)cn1. The molecule has 2 heterocycles. The Morgan fingerprint density at radius 3 is 2.90 bits per heavy atom. The Hall–Kier alpha value is -2.18. The Morgan fingerprint density at radius 1 is 1.24 bits per heavy atom. The molecule has 0 unspecified atom stereocenters. The van der Waals surface area contributed by atoms with Crippen molar-refractivity contribution in [2.75, 3.05) is 11.9 Å². The maximum Gasteiger partial charge on any atom is 0.123 e. The van der Waals surface area contributed by atoms with Gasteiger partial charge in [-0.15, -0.1) is 11.3 Å². The maximum absolute atomic E-state index is 8.86. The molecule has 0 radical (unpaired) electrons. The first-order valence-corrected chi connectivity index (χ1v) is 7.60.